The zero-order valence-electron chi connectivity index (χ0n) is 4.22. The fourth-order valence-electron chi connectivity index (χ4n) is 0.368. The van der Waals surface area contributed by atoms with Crippen molar-refractivity contribution in [3.8, 4) is 0 Å². The Bertz CT molecular complexity index is 90.9. The van der Waals surface area contributed by atoms with Gasteiger partial charge in [0.15, 0.2) is 0 Å². The molecule has 1 rings (SSSR count). The van der Waals surface area contributed by atoms with Crippen LogP contribution in [0.1, 0.15) is 0 Å². The molecule has 1 unspecified atom stereocenters. The molecule has 0 amide bonds. The fraction of sp³-hybridized carbons (Fsp3) is 1.00. The molecule has 7 heavy (non-hydrogen) atoms. The van der Waals surface area contributed by atoms with Crippen LogP contribution in [0, 0.1) is 0 Å². The molecule has 0 spiro atoms. The lowest BCUT2D eigenvalue weighted by atomic mass is 11.0. The lowest BCUT2D eigenvalue weighted by Crippen LogP contribution is -1.96. The summed E-state index contributed by atoms with van der Waals surface area (Å²) in [6, 6.07) is 0. The monoisotopic (exact) mass is 119 g/mol. The molecule has 0 aromatic rings. The van der Waals surface area contributed by atoms with Crippen LogP contribution in [0.5, 0.6) is 0 Å². The minimum Gasteiger partial charge on any atom is -0.0943 e. The minimum atomic E-state index is -1.19. The summed E-state index contributed by atoms with van der Waals surface area (Å²) in [4.78, 5) is 0. The zero-order valence-corrected chi connectivity index (χ0v) is 5.11. The highest BCUT2D eigenvalue weighted by atomic mass is 31.1. The van der Waals surface area contributed by atoms with Crippen LogP contribution in [0.4, 0.5) is 0 Å². The number of hydrogen-bond acceptors (Lipinski definition) is 1. The third-order valence-corrected chi connectivity index (χ3v) is 2.17. The third kappa shape index (κ3) is 1.20. The van der Waals surface area contributed by atoms with E-state index in [4.69, 9.17) is 0 Å². The fourth-order valence-corrected chi connectivity index (χ4v) is 1.10. The molecule has 1 N–H and O–H groups in total. The number of hydrogen-bond donors (Lipinski definition) is 1. The van der Waals surface area contributed by atoms with Crippen LogP contribution in [-0.2, 0) is 4.57 Å². The Morgan fingerprint density at radius 2 is 2.29 bits per heavy atom. The quantitative estimate of drug-likeness (QED) is 0.415. The Kier molecular flexibility index (Phi) is 1.38. The summed E-state index contributed by atoms with van der Waals surface area (Å²) in [6.45, 7) is 1.99. The molecule has 1 atom stereocenters. The molecule has 1 saturated heterocycles. The van der Waals surface area contributed by atoms with Crippen molar-refractivity contribution in [1.82, 2.24) is 9.76 Å². The average molecular weight is 119 g/mol. The Morgan fingerprint density at radius 1 is 1.71 bits per heavy atom. The Labute approximate surface area is 43.6 Å². The smallest absolute Gasteiger partial charge is 0.0943 e. The van der Waals surface area contributed by atoms with E-state index < -0.39 is 8.10 Å². The van der Waals surface area contributed by atoms with Gasteiger partial charge < -0.3 is 0 Å². The van der Waals surface area contributed by atoms with E-state index in [1.807, 2.05) is 4.67 Å². The van der Waals surface area contributed by atoms with Gasteiger partial charge >= 0.3 is 8.10 Å². The zero-order chi connectivity index (χ0) is 5.28. The van der Waals surface area contributed by atoms with Gasteiger partial charge in [0.2, 0.25) is 0 Å². The molecule has 1 aliphatic heterocycles. The van der Waals surface area contributed by atoms with E-state index >= 15 is 0 Å². The summed E-state index contributed by atoms with van der Waals surface area (Å²) in [5.41, 5.74) is 0. The topological polar surface area (TPSA) is 32.1 Å². The van der Waals surface area contributed by atoms with E-state index in [0.29, 0.717) is 0 Å². The molecular weight excluding hydrogens is 111 g/mol. The molecule has 0 aromatic heterocycles. The maximum absolute atomic E-state index is 10.5. The van der Waals surface area contributed by atoms with Crippen molar-refractivity contribution in [2.24, 2.45) is 0 Å². The van der Waals surface area contributed by atoms with Gasteiger partial charge in [-0.3, -0.25) is 0 Å². The summed E-state index contributed by atoms with van der Waals surface area (Å²) in [7, 11) is 0.512. The molecular formula is C3H8N2OP+. The largest absolute Gasteiger partial charge is 0.534 e. The van der Waals surface area contributed by atoms with Crippen molar-refractivity contribution >= 4 is 8.10 Å². The average Bonchev–Trinajstić information content (AvgIpc) is 2.44. The van der Waals surface area contributed by atoms with Gasteiger partial charge in [0.1, 0.15) is 0 Å². The standard InChI is InChI=1S/C3H8N2OP/c1-4-7(6)5-2-3-5/h2-3H2,1H3,(H,4,6)/q+1. The first-order chi connectivity index (χ1) is 3.34. The Balaban J connectivity index is 2.24. The summed E-state index contributed by atoms with van der Waals surface area (Å²) in [5.74, 6) is 0. The maximum Gasteiger partial charge on any atom is 0.534 e. The van der Waals surface area contributed by atoms with Crippen LogP contribution in [0.15, 0.2) is 0 Å². The second kappa shape index (κ2) is 1.86. The molecule has 3 nitrogen and oxygen atoms in total. The maximum atomic E-state index is 10.5. The van der Waals surface area contributed by atoms with Crippen LogP contribution in [-0.4, -0.2) is 24.8 Å². The van der Waals surface area contributed by atoms with Gasteiger partial charge in [-0.1, -0.05) is 9.76 Å². The van der Waals surface area contributed by atoms with E-state index in [0.717, 1.165) is 13.1 Å². The molecule has 1 fully saturated rings. The summed E-state index contributed by atoms with van der Waals surface area (Å²) >= 11 is 0. The molecule has 4 heteroatoms. The summed E-state index contributed by atoms with van der Waals surface area (Å²) in [5, 5.41) is 2.66. The van der Waals surface area contributed by atoms with Crippen molar-refractivity contribution < 1.29 is 4.57 Å². The predicted molar refractivity (Wildman–Crippen MR) is 28.2 cm³/mol. The summed E-state index contributed by atoms with van der Waals surface area (Å²) < 4.78 is 12.4. The van der Waals surface area contributed by atoms with Gasteiger partial charge in [-0.15, -0.1) is 0 Å². The first kappa shape index (κ1) is 5.16. The molecule has 0 bridgehead atoms. The van der Waals surface area contributed by atoms with Gasteiger partial charge in [-0.25, -0.2) is 0 Å². The second-order valence-electron chi connectivity index (χ2n) is 1.45. The molecule has 40 valence electrons. The Hall–Kier alpha value is 0.0200. The lowest BCUT2D eigenvalue weighted by molar-refractivity contribution is 0.561. The van der Waals surface area contributed by atoms with E-state index in [1.54, 1.807) is 7.05 Å². The first-order valence-corrected chi connectivity index (χ1v) is 3.45. The van der Waals surface area contributed by atoms with E-state index in [2.05, 4.69) is 5.09 Å². The van der Waals surface area contributed by atoms with E-state index in [1.165, 1.54) is 0 Å². The van der Waals surface area contributed by atoms with Crippen LogP contribution in [0.2, 0.25) is 0 Å². The van der Waals surface area contributed by atoms with Gasteiger partial charge in [0.25, 0.3) is 0 Å². The van der Waals surface area contributed by atoms with Crippen LogP contribution in [0.3, 0.4) is 0 Å². The van der Waals surface area contributed by atoms with Crippen molar-refractivity contribution in [2.45, 2.75) is 0 Å². The lowest BCUT2D eigenvalue weighted by Gasteiger charge is -1.74. The molecule has 1 aliphatic rings. The Morgan fingerprint density at radius 3 is 2.43 bits per heavy atom. The first-order valence-electron chi connectivity index (χ1n) is 2.24. The highest BCUT2D eigenvalue weighted by Crippen LogP contribution is 2.27. The van der Waals surface area contributed by atoms with Crippen LogP contribution >= 0.6 is 8.10 Å². The van der Waals surface area contributed by atoms with Gasteiger partial charge in [0, 0.05) is 7.05 Å². The molecule has 1 heterocycles. The van der Waals surface area contributed by atoms with Crippen molar-refractivity contribution in [2.75, 3.05) is 20.1 Å². The SMILES string of the molecule is CN[P+](=O)N1CC1. The molecule has 0 aliphatic carbocycles. The molecule has 0 aromatic carbocycles. The minimum absolute atomic E-state index is 0.996. The van der Waals surface area contributed by atoms with E-state index in [9.17, 15) is 4.57 Å². The highest BCUT2D eigenvalue weighted by Gasteiger charge is 2.36. The van der Waals surface area contributed by atoms with Gasteiger partial charge in [-0.2, -0.15) is 0 Å². The number of nitrogens with one attached hydrogen (secondary N) is 1. The van der Waals surface area contributed by atoms with Crippen molar-refractivity contribution in [3.63, 3.8) is 0 Å². The number of rotatable bonds is 2. The number of nitrogens with zero attached hydrogens (tertiary/aromatic N) is 1. The normalized spacial score (nSPS) is 22.1. The van der Waals surface area contributed by atoms with Crippen molar-refractivity contribution in [3.05, 3.63) is 0 Å². The third-order valence-electron chi connectivity index (χ3n) is 0.872. The molecule has 0 saturated carbocycles. The second-order valence-corrected chi connectivity index (χ2v) is 3.01. The van der Waals surface area contributed by atoms with Crippen molar-refractivity contribution in [1.29, 1.82) is 0 Å². The van der Waals surface area contributed by atoms with Crippen LogP contribution < -0.4 is 5.09 Å². The van der Waals surface area contributed by atoms with Gasteiger partial charge in [-0.05, 0) is 4.57 Å². The molecule has 0 radical (unpaired) electrons. The predicted octanol–water partition coefficient (Wildman–Crippen LogP) is 0.179. The van der Waals surface area contributed by atoms with E-state index in [-0.39, 0.29) is 0 Å². The highest BCUT2D eigenvalue weighted by molar-refractivity contribution is 7.39. The van der Waals surface area contributed by atoms with Crippen LogP contribution in [0.25, 0.3) is 0 Å². The van der Waals surface area contributed by atoms with Gasteiger partial charge in [0.05, 0.1) is 13.1 Å². The summed E-state index contributed by atoms with van der Waals surface area (Å²) in [6.07, 6.45) is 0.